The summed E-state index contributed by atoms with van der Waals surface area (Å²) < 4.78 is 8.37. The molecule has 2 heterocycles. The van der Waals surface area contributed by atoms with Gasteiger partial charge in [0.15, 0.2) is 0 Å². The molecule has 7 heteroatoms. The molecule has 1 N–H and O–H groups in total. The lowest BCUT2D eigenvalue weighted by Crippen LogP contribution is -2.28. The monoisotopic (exact) mass is 366 g/mol. The van der Waals surface area contributed by atoms with Gasteiger partial charge < -0.3 is 14.6 Å². The van der Waals surface area contributed by atoms with Crippen LogP contribution in [0.25, 0.3) is 5.52 Å². The van der Waals surface area contributed by atoms with Gasteiger partial charge in [0, 0.05) is 18.0 Å². The summed E-state index contributed by atoms with van der Waals surface area (Å²) >= 11 is 0. The highest BCUT2D eigenvalue weighted by molar-refractivity contribution is 5.92. The van der Waals surface area contributed by atoms with E-state index in [9.17, 15) is 9.59 Å². The Morgan fingerprint density at radius 3 is 2.89 bits per heavy atom. The van der Waals surface area contributed by atoms with E-state index in [-0.39, 0.29) is 18.0 Å². The topological polar surface area (TPSA) is 77.6 Å². The maximum atomic E-state index is 12.9. The van der Waals surface area contributed by atoms with Crippen LogP contribution in [0.1, 0.15) is 29.7 Å². The van der Waals surface area contributed by atoms with Gasteiger partial charge in [0.2, 0.25) is 5.91 Å². The number of carbonyl (C=O) groups excluding carboxylic acids is 1. The summed E-state index contributed by atoms with van der Waals surface area (Å²) in [4.78, 5) is 25.5. The molecule has 3 aromatic rings. The average Bonchev–Trinajstić information content (AvgIpc) is 3.03. The SMILES string of the molecule is COc1ccc(C)cc1NC(=O)Cn1ccn2nc3c(c2c1=O)CCCC3. The van der Waals surface area contributed by atoms with Gasteiger partial charge in [-0.2, -0.15) is 5.10 Å². The lowest BCUT2D eigenvalue weighted by Gasteiger charge is -2.12. The number of rotatable bonds is 4. The Hall–Kier alpha value is -3.09. The number of nitrogens with one attached hydrogen (secondary N) is 1. The summed E-state index contributed by atoms with van der Waals surface area (Å²) in [7, 11) is 1.56. The molecular formula is C20H22N4O3. The Bertz CT molecular complexity index is 1080. The third kappa shape index (κ3) is 3.20. The molecule has 0 radical (unpaired) electrons. The van der Waals surface area contributed by atoms with Crippen molar-refractivity contribution in [2.45, 2.75) is 39.2 Å². The van der Waals surface area contributed by atoms with Crippen molar-refractivity contribution in [3.8, 4) is 5.75 Å². The van der Waals surface area contributed by atoms with E-state index >= 15 is 0 Å². The van der Waals surface area contributed by atoms with Gasteiger partial charge in [-0.25, -0.2) is 4.52 Å². The van der Waals surface area contributed by atoms with Gasteiger partial charge in [-0.05, 0) is 50.3 Å². The third-order valence-electron chi connectivity index (χ3n) is 4.98. The molecule has 0 fully saturated rings. The van der Waals surface area contributed by atoms with Crippen molar-refractivity contribution in [1.29, 1.82) is 0 Å². The van der Waals surface area contributed by atoms with E-state index in [0.29, 0.717) is 17.0 Å². The Morgan fingerprint density at radius 1 is 1.26 bits per heavy atom. The van der Waals surface area contributed by atoms with Crippen LogP contribution in [-0.4, -0.2) is 27.2 Å². The number of ether oxygens (including phenoxy) is 1. The predicted molar refractivity (Wildman–Crippen MR) is 102 cm³/mol. The molecule has 4 rings (SSSR count). The lowest BCUT2D eigenvalue weighted by atomic mass is 9.97. The minimum absolute atomic E-state index is 0.0631. The number of carbonyl (C=O) groups is 1. The molecule has 2 aromatic heterocycles. The first-order valence-electron chi connectivity index (χ1n) is 9.11. The van der Waals surface area contributed by atoms with Gasteiger partial charge in [-0.3, -0.25) is 9.59 Å². The van der Waals surface area contributed by atoms with Gasteiger partial charge in [-0.15, -0.1) is 0 Å². The molecule has 27 heavy (non-hydrogen) atoms. The van der Waals surface area contributed by atoms with Gasteiger partial charge in [-0.1, -0.05) is 6.07 Å². The molecule has 0 bridgehead atoms. The molecule has 140 valence electrons. The smallest absolute Gasteiger partial charge is 0.277 e. The van der Waals surface area contributed by atoms with Crippen LogP contribution in [0.5, 0.6) is 5.75 Å². The zero-order valence-electron chi connectivity index (χ0n) is 15.5. The van der Waals surface area contributed by atoms with E-state index in [0.717, 1.165) is 42.5 Å². The number of anilines is 1. The van der Waals surface area contributed by atoms with Gasteiger partial charge >= 0.3 is 0 Å². The first-order chi connectivity index (χ1) is 13.1. The van der Waals surface area contributed by atoms with E-state index in [1.54, 1.807) is 24.0 Å². The second-order valence-corrected chi connectivity index (χ2v) is 6.91. The second kappa shape index (κ2) is 6.90. The van der Waals surface area contributed by atoms with Gasteiger partial charge in [0.05, 0.1) is 18.5 Å². The standard InChI is InChI=1S/C20H22N4O3/c1-13-7-8-17(27-2)16(11-13)21-18(25)12-23-9-10-24-19(20(23)26)14-5-3-4-6-15(14)22-24/h7-11H,3-6,12H2,1-2H3,(H,21,25). The lowest BCUT2D eigenvalue weighted by molar-refractivity contribution is -0.116. The van der Waals surface area contributed by atoms with Gasteiger partial charge in [0.1, 0.15) is 17.8 Å². The molecule has 7 nitrogen and oxygen atoms in total. The van der Waals surface area contributed by atoms with Gasteiger partial charge in [0.25, 0.3) is 5.56 Å². The second-order valence-electron chi connectivity index (χ2n) is 6.91. The van der Waals surface area contributed by atoms with Crippen LogP contribution in [0.2, 0.25) is 0 Å². The van der Waals surface area contributed by atoms with Crippen LogP contribution in [0, 0.1) is 6.92 Å². The molecule has 0 saturated carbocycles. The number of hydrogen-bond donors (Lipinski definition) is 1. The van der Waals surface area contributed by atoms with Crippen LogP contribution >= 0.6 is 0 Å². The molecule has 0 aliphatic heterocycles. The minimum atomic E-state index is -0.279. The minimum Gasteiger partial charge on any atom is -0.495 e. The Labute approximate surface area is 156 Å². The Kier molecular flexibility index (Phi) is 4.43. The number of nitrogens with zero attached hydrogens (tertiary/aromatic N) is 3. The van der Waals surface area contributed by atoms with E-state index in [1.165, 1.54) is 4.57 Å². The third-order valence-corrected chi connectivity index (χ3v) is 4.98. The molecule has 1 aromatic carbocycles. The van der Waals surface area contributed by atoms with Crippen LogP contribution in [-0.2, 0) is 24.2 Å². The van der Waals surface area contributed by atoms with E-state index in [2.05, 4.69) is 10.4 Å². The summed E-state index contributed by atoms with van der Waals surface area (Å²) in [6, 6.07) is 5.56. The molecule has 0 unspecified atom stereocenters. The summed E-state index contributed by atoms with van der Waals surface area (Å²) in [5.41, 5.74) is 4.05. The maximum Gasteiger partial charge on any atom is 0.277 e. The summed E-state index contributed by atoms with van der Waals surface area (Å²) in [5, 5.41) is 7.36. The Balaban J connectivity index is 1.62. The first kappa shape index (κ1) is 17.3. The molecular weight excluding hydrogens is 344 g/mol. The van der Waals surface area contributed by atoms with E-state index in [4.69, 9.17) is 4.74 Å². The van der Waals surface area contributed by atoms with Crippen LogP contribution < -0.4 is 15.6 Å². The molecule has 1 aliphatic rings. The fourth-order valence-electron chi connectivity index (χ4n) is 3.64. The number of aryl methyl sites for hydroxylation is 3. The zero-order valence-corrected chi connectivity index (χ0v) is 15.5. The highest BCUT2D eigenvalue weighted by Crippen LogP contribution is 2.25. The molecule has 0 saturated heterocycles. The number of aromatic nitrogens is 3. The highest BCUT2D eigenvalue weighted by atomic mass is 16.5. The van der Waals surface area contributed by atoms with Crippen molar-refractivity contribution >= 4 is 17.1 Å². The number of benzene rings is 1. The van der Waals surface area contributed by atoms with Crippen molar-refractivity contribution in [2.75, 3.05) is 12.4 Å². The number of amides is 1. The molecule has 0 atom stereocenters. The summed E-state index contributed by atoms with van der Waals surface area (Å²) in [6.45, 7) is 1.88. The summed E-state index contributed by atoms with van der Waals surface area (Å²) in [5.74, 6) is 0.306. The summed E-state index contributed by atoms with van der Waals surface area (Å²) in [6.07, 6.45) is 7.30. The molecule has 1 aliphatic carbocycles. The van der Waals surface area contributed by atoms with Crippen LogP contribution in [0.15, 0.2) is 35.4 Å². The number of fused-ring (bicyclic) bond motifs is 3. The van der Waals surface area contributed by atoms with Crippen molar-refractivity contribution in [1.82, 2.24) is 14.2 Å². The van der Waals surface area contributed by atoms with Crippen LogP contribution in [0.3, 0.4) is 0 Å². The number of methoxy groups -OCH3 is 1. The quantitative estimate of drug-likeness (QED) is 0.769. The van der Waals surface area contributed by atoms with E-state index in [1.807, 2.05) is 25.1 Å². The van der Waals surface area contributed by atoms with Crippen molar-refractivity contribution in [3.63, 3.8) is 0 Å². The van der Waals surface area contributed by atoms with E-state index < -0.39 is 0 Å². The normalized spacial score (nSPS) is 13.4. The fraction of sp³-hybridized carbons (Fsp3) is 0.350. The van der Waals surface area contributed by atoms with Crippen molar-refractivity contribution < 1.29 is 9.53 Å². The first-order valence-corrected chi connectivity index (χ1v) is 9.11. The fourth-order valence-corrected chi connectivity index (χ4v) is 3.64. The molecule has 1 amide bonds. The predicted octanol–water partition coefficient (Wildman–Crippen LogP) is 2.33. The highest BCUT2D eigenvalue weighted by Gasteiger charge is 2.20. The Morgan fingerprint density at radius 2 is 2.07 bits per heavy atom. The van der Waals surface area contributed by atoms with Crippen molar-refractivity contribution in [2.24, 2.45) is 0 Å². The van der Waals surface area contributed by atoms with Crippen LogP contribution in [0.4, 0.5) is 5.69 Å². The average molecular weight is 366 g/mol. The maximum absolute atomic E-state index is 12.9. The largest absolute Gasteiger partial charge is 0.495 e. The molecule has 0 spiro atoms. The van der Waals surface area contributed by atoms with Crippen molar-refractivity contribution in [3.05, 3.63) is 57.8 Å². The number of hydrogen-bond acceptors (Lipinski definition) is 4. The zero-order chi connectivity index (χ0) is 19.0.